The number of urea groups is 1. The summed E-state index contributed by atoms with van der Waals surface area (Å²) in [5.41, 5.74) is -1.06. The van der Waals surface area contributed by atoms with Crippen molar-refractivity contribution in [2.45, 2.75) is 80.9 Å². The molecule has 0 aromatic heterocycles. The second kappa shape index (κ2) is 11.3. The van der Waals surface area contributed by atoms with Crippen LogP contribution in [0.5, 0.6) is 0 Å². The fraction of sp³-hybridized carbons (Fsp3) is 0.905. The molecule has 3 amide bonds. The van der Waals surface area contributed by atoms with Crippen LogP contribution >= 0.6 is 0 Å². The molecule has 35 heavy (non-hydrogen) atoms. The second-order valence-corrected chi connectivity index (χ2v) is 9.55. The topological polar surface area (TPSA) is 197 Å². The van der Waals surface area contributed by atoms with Crippen molar-refractivity contribution >= 4 is 11.9 Å². The van der Waals surface area contributed by atoms with E-state index < -0.39 is 85.1 Å². The molecule has 14 nitrogen and oxygen atoms in total. The minimum Gasteiger partial charge on any atom is -0.394 e. The second-order valence-electron chi connectivity index (χ2n) is 9.55. The third kappa shape index (κ3) is 5.61. The van der Waals surface area contributed by atoms with Crippen LogP contribution in [0.1, 0.15) is 20.3 Å². The molecule has 1 aliphatic carbocycles. The lowest BCUT2D eigenvalue weighted by Crippen LogP contribution is -2.63. The van der Waals surface area contributed by atoms with E-state index in [9.17, 15) is 35.1 Å². The molecule has 6 N–H and O–H groups in total. The molecular formula is C21H36N2O12. The van der Waals surface area contributed by atoms with Crippen LogP contribution in [-0.4, -0.2) is 137 Å². The largest absolute Gasteiger partial charge is 0.394 e. The Morgan fingerprint density at radius 2 is 1.69 bits per heavy atom. The lowest BCUT2D eigenvalue weighted by atomic mass is 9.81. The summed E-state index contributed by atoms with van der Waals surface area (Å²) in [6.07, 6.45) is -11.1. The van der Waals surface area contributed by atoms with Crippen molar-refractivity contribution in [2.24, 2.45) is 5.92 Å². The van der Waals surface area contributed by atoms with Crippen LogP contribution in [0.4, 0.5) is 4.79 Å². The van der Waals surface area contributed by atoms with E-state index in [4.69, 9.17) is 23.7 Å². The highest BCUT2D eigenvalue weighted by Crippen LogP contribution is 2.34. The van der Waals surface area contributed by atoms with E-state index in [1.807, 2.05) is 0 Å². The summed E-state index contributed by atoms with van der Waals surface area (Å²) < 4.78 is 27.4. The van der Waals surface area contributed by atoms with Crippen LogP contribution in [0, 0.1) is 5.92 Å². The predicted octanol–water partition coefficient (Wildman–Crippen LogP) is -3.11. The highest BCUT2D eigenvalue weighted by molar-refractivity contribution is 6.06. The molecule has 3 rings (SSSR count). The first-order chi connectivity index (χ1) is 16.5. The van der Waals surface area contributed by atoms with Crippen molar-refractivity contribution in [1.29, 1.82) is 0 Å². The summed E-state index contributed by atoms with van der Waals surface area (Å²) in [4.78, 5) is 25.4. The van der Waals surface area contributed by atoms with Gasteiger partial charge >= 0.3 is 6.03 Å². The van der Waals surface area contributed by atoms with E-state index in [-0.39, 0.29) is 19.8 Å². The van der Waals surface area contributed by atoms with Gasteiger partial charge in [0.1, 0.15) is 48.9 Å². The molecule has 3 aliphatic rings. The average Bonchev–Trinajstić information content (AvgIpc) is 3.01. The van der Waals surface area contributed by atoms with Crippen molar-refractivity contribution in [1.82, 2.24) is 10.2 Å². The number of nitrogens with zero attached hydrogens (tertiary/aromatic N) is 1. The number of aliphatic hydroxyl groups excluding tert-OH is 5. The molecule has 0 radical (unpaired) electrons. The Kier molecular flexibility index (Phi) is 9.07. The summed E-state index contributed by atoms with van der Waals surface area (Å²) in [5, 5.41) is 54.2. The van der Waals surface area contributed by atoms with E-state index in [0.29, 0.717) is 0 Å². The Bertz CT molecular complexity index is 752. The maximum Gasteiger partial charge on any atom is 0.326 e. The third-order valence-corrected chi connectivity index (χ3v) is 6.75. The predicted molar refractivity (Wildman–Crippen MR) is 115 cm³/mol. The molecule has 2 heterocycles. The minimum absolute atomic E-state index is 0.110. The zero-order valence-corrected chi connectivity index (χ0v) is 20.1. The quantitative estimate of drug-likeness (QED) is 0.172. The van der Waals surface area contributed by atoms with Gasteiger partial charge in [-0.15, -0.1) is 0 Å². The van der Waals surface area contributed by atoms with Gasteiger partial charge in [-0.2, -0.15) is 0 Å². The van der Waals surface area contributed by atoms with Gasteiger partial charge in [-0.05, 0) is 20.3 Å². The summed E-state index contributed by atoms with van der Waals surface area (Å²) in [6, 6.07) is -0.600. The van der Waals surface area contributed by atoms with Gasteiger partial charge in [0.2, 0.25) is 0 Å². The van der Waals surface area contributed by atoms with Crippen LogP contribution in [-0.2, 0) is 28.5 Å². The van der Waals surface area contributed by atoms with Gasteiger partial charge in [0.15, 0.2) is 6.29 Å². The van der Waals surface area contributed by atoms with Gasteiger partial charge in [-0.25, -0.2) is 9.69 Å². The van der Waals surface area contributed by atoms with Gasteiger partial charge < -0.3 is 54.5 Å². The summed E-state index contributed by atoms with van der Waals surface area (Å²) >= 11 is 0. The number of hydrogen-bond donors (Lipinski definition) is 6. The normalized spacial score (nSPS) is 41.8. The fourth-order valence-electron chi connectivity index (χ4n) is 4.70. The molecular weight excluding hydrogens is 472 g/mol. The van der Waals surface area contributed by atoms with Gasteiger partial charge in [-0.1, -0.05) is 0 Å². The van der Waals surface area contributed by atoms with E-state index in [1.54, 1.807) is 13.8 Å². The zero-order valence-electron chi connectivity index (χ0n) is 20.1. The molecule has 2 aliphatic heterocycles. The summed E-state index contributed by atoms with van der Waals surface area (Å²) in [6.45, 7) is 2.14. The number of hydrogen-bond acceptors (Lipinski definition) is 12. The molecule has 14 heteroatoms. The molecule has 1 saturated carbocycles. The fourth-order valence-corrected chi connectivity index (χ4v) is 4.70. The number of rotatable bonds is 9. The number of aliphatic hydroxyl groups is 5. The maximum atomic E-state index is 12.4. The lowest BCUT2D eigenvalue weighted by molar-refractivity contribution is -0.333. The molecule has 3 fully saturated rings. The van der Waals surface area contributed by atoms with Crippen molar-refractivity contribution in [3.05, 3.63) is 0 Å². The average molecular weight is 509 g/mol. The Morgan fingerprint density at radius 3 is 2.23 bits per heavy atom. The van der Waals surface area contributed by atoms with E-state index >= 15 is 0 Å². The Morgan fingerprint density at radius 1 is 1.03 bits per heavy atom. The minimum atomic E-state index is -1.58. The van der Waals surface area contributed by atoms with Crippen molar-refractivity contribution in [3.63, 3.8) is 0 Å². The molecule has 6 unspecified atom stereocenters. The summed E-state index contributed by atoms with van der Waals surface area (Å²) in [5.74, 6) is -1.09. The first-order valence-corrected chi connectivity index (χ1v) is 11.4. The number of carbonyl (C=O) groups is 2. The van der Waals surface area contributed by atoms with Gasteiger partial charge in [-0.3, -0.25) is 4.79 Å². The van der Waals surface area contributed by atoms with E-state index in [1.165, 1.54) is 14.2 Å². The highest BCUT2D eigenvalue weighted by Gasteiger charge is 2.51. The Labute approximate surface area is 202 Å². The standard InChI is InChI=1S/C21H36N2O12/c1-21(2)19(29)23(20(30)22-21)8-33-7-9-5-10(31-3)12(25)13(26)16(9)35-18-15(28)14(27)17(32-4)11(6-24)34-18/h9-18,24-28H,5-8H2,1-4H3,(H,22,30)/t9?,10-,11?,12?,13?,14?,15+,16-,17-,18?/m1/s1. The lowest BCUT2D eigenvalue weighted by Gasteiger charge is -2.46. The van der Waals surface area contributed by atoms with Crippen LogP contribution in [0.3, 0.4) is 0 Å². The van der Waals surface area contributed by atoms with Gasteiger partial charge in [0.05, 0.1) is 25.4 Å². The Hall–Kier alpha value is -1.46. The molecule has 202 valence electrons. The molecule has 0 aromatic carbocycles. The van der Waals surface area contributed by atoms with Crippen LogP contribution in [0.2, 0.25) is 0 Å². The molecule has 0 aromatic rings. The first kappa shape index (κ1) is 28.1. The van der Waals surface area contributed by atoms with Crippen LogP contribution in [0.25, 0.3) is 0 Å². The van der Waals surface area contributed by atoms with Gasteiger partial charge in [0, 0.05) is 20.1 Å². The van der Waals surface area contributed by atoms with Crippen molar-refractivity contribution in [3.8, 4) is 0 Å². The third-order valence-electron chi connectivity index (χ3n) is 6.75. The first-order valence-electron chi connectivity index (χ1n) is 11.4. The van der Waals surface area contributed by atoms with E-state index in [0.717, 1.165) is 4.90 Å². The molecule has 0 bridgehead atoms. The monoisotopic (exact) mass is 508 g/mol. The highest BCUT2D eigenvalue weighted by atomic mass is 16.7. The van der Waals surface area contributed by atoms with E-state index in [2.05, 4.69) is 5.32 Å². The SMILES string of the molecule is CO[C@@H]1C(CO)OC(O[C@@H]2C(COCN3C(=O)NC(C)(C)C3=O)C[C@@H](OC)C(O)C2O)[C@@H](O)C1O. The number of ether oxygens (including phenoxy) is 5. The number of methoxy groups -OCH3 is 2. The molecule has 10 atom stereocenters. The van der Waals surface area contributed by atoms with Crippen molar-refractivity contribution in [2.75, 3.05) is 34.2 Å². The van der Waals surface area contributed by atoms with Gasteiger partial charge in [0.25, 0.3) is 5.91 Å². The smallest absolute Gasteiger partial charge is 0.326 e. The van der Waals surface area contributed by atoms with Crippen LogP contribution < -0.4 is 5.32 Å². The van der Waals surface area contributed by atoms with Crippen LogP contribution in [0.15, 0.2) is 0 Å². The summed E-state index contributed by atoms with van der Waals surface area (Å²) in [7, 11) is 2.66. The number of carbonyl (C=O) groups excluding carboxylic acids is 2. The zero-order chi connectivity index (χ0) is 26.1. The van der Waals surface area contributed by atoms with Crippen molar-refractivity contribution < 1.29 is 58.8 Å². The number of nitrogens with one attached hydrogen (secondary N) is 1. The Balaban J connectivity index is 1.71. The number of imide groups is 1. The maximum absolute atomic E-state index is 12.4. The molecule has 0 spiro atoms. The molecule has 2 saturated heterocycles. The number of amides is 3.